The molecule has 0 bridgehead atoms. The largest absolute Gasteiger partial charge is 0.466 e. The quantitative estimate of drug-likeness (QED) is 0.0600. The monoisotopic (exact) mass is 567 g/mol. The van der Waals surface area contributed by atoms with Crippen LogP contribution in [0.1, 0.15) is 201 Å². The lowest BCUT2D eigenvalue weighted by Crippen LogP contribution is -2.17. The topological polar surface area (TPSA) is 52.6 Å². The van der Waals surface area contributed by atoms with Gasteiger partial charge in [-0.3, -0.25) is 9.59 Å². The number of esters is 2. The molecule has 0 aromatic heterocycles. The lowest BCUT2D eigenvalue weighted by Gasteiger charge is -2.14. The van der Waals surface area contributed by atoms with Crippen LogP contribution >= 0.6 is 0 Å². The summed E-state index contributed by atoms with van der Waals surface area (Å²) < 4.78 is 10.9. The van der Waals surface area contributed by atoms with Gasteiger partial charge in [-0.2, -0.15) is 0 Å². The fourth-order valence-corrected chi connectivity index (χ4v) is 5.41. The Labute approximate surface area is 250 Å². The maximum absolute atomic E-state index is 12.3. The first-order chi connectivity index (χ1) is 19.7. The van der Waals surface area contributed by atoms with E-state index in [-0.39, 0.29) is 17.9 Å². The zero-order chi connectivity index (χ0) is 29.4. The maximum atomic E-state index is 12.3. The lowest BCUT2D eigenvalue weighted by molar-refractivity contribution is -0.149. The molecule has 0 aromatic rings. The van der Waals surface area contributed by atoms with Crippen LogP contribution in [0.4, 0.5) is 0 Å². The van der Waals surface area contributed by atoms with E-state index in [1.807, 2.05) is 0 Å². The fraction of sp³-hybridized carbons (Fsp3) is 0.944. The highest BCUT2D eigenvalue weighted by molar-refractivity contribution is 5.72. The average Bonchev–Trinajstić information content (AvgIpc) is 2.96. The van der Waals surface area contributed by atoms with E-state index in [9.17, 15) is 9.59 Å². The molecule has 0 aromatic carbocycles. The SMILES string of the molecule is CCCCCCCCOC(=O)CCCCCCCCCCCCCCCC(CC)C(=O)OCCCCCCCC. The van der Waals surface area contributed by atoms with Gasteiger partial charge in [0, 0.05) is 6.42 Å². The molecule has 4 nitrogen and oxygen atoms in total. The standard InChI is InChI=1S/C36H70O4/c1-4-7-9-11-24-28-32-39-35(37)31-27-23-21-19-17-15-13-14-16-18-20-22-26-30-34(6-3)36(38)40-33-29-25-12-10-8-5-2/h34H,4-33H2,1-3H3. The molecule has 238 valence electrons. The lowest BCUT2D eigenvalue weighted by atomic mass is 9.97. The van der Waals surface area contributed by atoms with Crippen molar-refractivity contribution in [1.29, 1.82) is 0 Å². The smallest absolute Gasteiger partial charge is 0.308 e. The Balaban J connectivity index is 3.38. The first kappa shape index (κ1) is 38.9. The molecule has 0 rings (SSSR count). The van der Waals surface area contributed by atoms with Gasteiger partial charge in [-0.15, -0.1) is 0 Å². The Morgan fingerprint density at radius 2 is 0.825 bits per heavy atom. The summed E-state index contributed by atoms with van der Waals surface area (Å²) in [5.74, 6) is 0.140. The van der Waals surface area contributed by atoms with E-state index in [0.717, 1.165) is 44.9 Å². The summed E-state index contributed by atoms with van der Waals surface area (Å²) in [7, 11) is 0. The summed E-state index contributed by atoms with van der Waals surface area (Å²) in [5.41, 5.74) is 0. The van der Waals surface area contributed by atoms with Gasteiger partial charge in [0.15, 0.2) is 0 Å². The molecular formula is C36H70O4. The molecule has 0 saturated heterocycles. The van der Waals surface area contributed by atoms with E-state index in [1.165, 1.54) is 128 Å². The molecule has 0 radical (unpaired) electrons. The van der Waals surface area contributed by atoms with Crippen LogP contribution in [0.5, 0.6) is 0 Å². The summed E-state index contributed by atoms with van der Waals surface area (Å²) >= 11 is 0. The summed E-state index contributed by atoms with van der Waals surface area (Å²) in [6, 6.07) is 0. The van der Waals surface area contributed by atoms with Crippen molar-refractivity contribution in [3.63, 3.8) is 0 Å². The van der Waals surface area contributed by atoms with Gasteiger partial charge >= 0.3 is 11.9 Å². The van der Waals surface area contributed by atoms with Crippen LogP contribution in [0.15, 0.2) is 0 Å². The Hall–Kier alpha value is -1.06. The van der Waals surface area contributed by atoms with Crippen molar-refractivity contribution in [1.82, 2.24) is 0 Å². The van der Waals surface area contributed by atoms with Crippen molar-refractivity contribution in [2.24, 2.45) is 5.92 Å². The third-order valence-corrected chi connectivity index (χ3v) is 8.26. The van der Waals surface area contributed by atoms with Gasteiger partial charge in [0.05, 0.1) is 19.1 Å². The molecule has 0 heterocycles. The van der Waals surface area contributed by atoms with E-state index < -0.39 is 0 Å². The predicted octanol–water partition coefficient (Wildman–Crippen LogP) is 11.7. The zero-order valence-electron chi connectivity index (χ0n) is 27.4. The number of ether oxygens (including phenoxy) is 2. The number of rotatable bonds is 32. The van der Waals surface area contributed by atoms with Crippen molar-refractivity contribution >= 4 is 11.9 Å². The summed E-state index contributed by atoms with van der Waals surface area (Å²) in [6.45, 7) is 7.80. The summed E-state index contributed by atoms with van der Waals surface area (Å²) in [5, 5.41) is 0. The van der Waals surface area contributed by atoms with E-state index in [1.54, 1.807) is 0 Å². The maximum Gasteiger partial charge on any atom is 0.308 e. The number of carbonyl (C=O) groups excluding carboxylic acids is 2. The Morgan fingerprint density at radius 1 is 0.450 bits per heavy atom. The second-order valence-corrected chi connectivity index (χ2v) is 12.2. The zero-order valence-corrected chi connectivity index (χ0v) is 27.4. The molecule has 0 aliphatic rings. The summed E-state index contributed by atoms with van der Waals surface area (Å²) in [4.78, 5) is 24.1. The van der Waals surface area contributed by atoms with Crippen molar-refractivity contribution in [3.8, 4) is 0 Å². The third kappa shape index (κ3) is 28.5. The second-order valence-electron chi connectivity index (χ2n) is 12.2. The minimum absolute atomic E-state index is 0.0000439. The first-order valence-corrected chi connectivity index (χ1v) is 18.0. The minimum atomic E-state index is 0.0000439. The predicted molar refractivity (Wildman–Crippen MR) is 172 cm³/mol. The number of unbranched alkanes of at least 4 members (excludes halogenated alkanes) is 22. The van der Waals surface area contributed by atoms with E-state index in [4.69, 9.17) is 9.47 Å². The Kier molecular flexibility index (Phi) is 31.6. The van der Waals surface area contributed by atoms with Crippen molar-refractivity contribution in [2.45, 2.75) is 201 Å². The van der Waals surface area contributed by atoms with Gasteiger partial charge in [-0.05, 0) is 32.1 Å². The van der Waals surface area contributed by atoms with Crippen LogP contribution in [0.2, 0.25) is 0 Å². The van der Waals surface area contributed by atoms with Gasteiger partial charge in [0.25, 0.3) is 0 Å². The third-order valence-electron chi connectivity index (χ3n) is 8.26. The van der Waals surface area contributed by atoms with Gasteiger partial charge < -0.3 is 9.47 Å². The van der Waals surface area contributed by atoms with Crippen LogP contribution in [-0.4, -0.2) is 25.2 Å². The van der Waals surface area contributed by atoms with E-state index in [2.05, 4.69) is 20.8 Å². The molecule has 0 amide bonds. The molecule has 40 heavy (non-hydrogen) atoms. The van der Waals surface area contributed by atoms with Gasteiger partial charge in [-0.1, -0.05) is 162 Å². The van der Waals surface area contributed by atoms with Crippen molar-refractivity contribution in [3.05, 3.63) is 0 Å². The van der Waals surface area contributed by atoms with Gasteiger partial charge in [0.1, 0.15) is 0 Å². The van der Waals surface area contributed by atoms with Crippen LogP contribution in [-0.2, 0) is 19.1 Å². The highest BCUT2D eigenvalue weighted by atomic mass is 16.5. The average molecular weight is 567 g/mol. The second kappa shape index (κ2) is 32.5. The number of hydrogen-bond acceptors (Lipinski definition) is 4. The Morgan fingerprint density at radius 3 is 1.27 bits per heavy atom. The number of carbonyl (C=O) groups is 2. The van der Waals surface area contributed by atoms with Gasteiger partial charge in [-0.25, -0.2) is 0 Å². The molecule has 1 unspecified atom stereocenters. The molecule has 0 saturated carbocycles. The molecular weight excluding hydrogens is 496 g/mol. The van der Waals surface area contributed by atoms with Gasteiger partial charge in [0.2, 0.25) is 0 Å². The highest BCUT2D eigenvalue weighted by Gasteiger charge is 2.17. The number of hydrogen-bond donors (Lipinski definition) is 0. The van der Waals surface area contributed by atoms with E-state index >= 15 is 0 Å². The first-order valence-electron chi connectivity index (χ1n) is 18.0. The van der Waals surface area contributed by atoms with Crippen LogP contribution in [0.3, 0.4) is 0 Å². The van der Waals surface area contributed by atoms with Crippen LogP contribution in [0.25, 0.3) is 0 Å². The molecule has 0 N–H and O–H groups in total. The molecule has 0 spiro atoms. The van der Waals surface area contributed by atoms with Crippen LogP contribution < -0.4 is 0 Å². The molecule has 0 aliphatic heterocycles. The summed E-state index contributed by atoms with van der Waals surface area (Å²) in [6.07, 6.45) is 33.7. The normalized spacial score (nSPS) is 12.0. The fourth-order valence-electron chi connectivity index (χ4n) is 5.41. The Bertz CT molecular complexity index is 533. The van der Waals surface area contributed by atoms with Crippen LogP contribution in [0, 0.1) is 5.92 Å². The van der Waals surface area contributed by atoms with Crippen molar-refractivity contribution < 1.29 is 19.1 Å². The van der Waals surface area contributed by atoms with E-state index in [0.29, 0.717) is 19.6 Å². The molecule has 4 heteroatoms. The molecule has 1 atom stereocenters. The molecule has 0 aliphatic carbocycles. The van der Waals surface area contributed by atoms with Crippen molar-refractivity contribution in [2.75, 3.05) is 13.2 Å². The minimum Gasteiger partial charge on any atom is -0.466 e. The highest BCUT2D eigenvalue weighted by Crippen LogP contribution is 2.18. The molecule has 0 fully saturated rings.